The molecule has 6 aliphatic carbocycles. The van der Waals surface area contributed by atoms with Crippen LogP contribution in [0.2, 0.25) is 0 Å². The van der Waals surface area contributed by atoms with Gasteiger partial charge < -0.3 is 0 Å². The summed E-state index contributed by atoms with van der Waals surface area (Å²) in [5.74, 6) is 0. The lowest BCUT2D eigenvalue weighted by atomic mass is 9.68. The van der Waals surface area contributed by atoms with Crippen LogP contribution in [-0.2, 0) is 32.5 Å². The number of rotatable bonds is 7. The summed E-state index contributed by atoms with van der Waals surface area (Å²) in [6.45, 7) is 36.4. The second kappa shape index (κ2) is 38.3. The summed E-state index contributed by atoms with van der Waals surface area (Å²) in [4.78, 5) is 0. The third-order valence-corrected chi connectivity index (χ3v) is 30.5. The van der Waals surface area contributed by atoms with Crippen LogP contribution in [0.4, 0.5) is 0 Å². The van der Waals surface area contributed by atoms with Crippen LogP contribution < -0.4 is 0 Å². The van der Waals surface area contributed by atoms with Gasteiger partial charge in [0, 0.05) is 27.1 Å². The lowest BCUT2D eigenvalue weighted by molar-refractivity contribution is 0.660. The summed E-state index contributed by atoms with van der Waals surface area (Å²) >= 11 is 0. The van der Waals surface area contributed by atoms with Crippen LogP contribution in [0.3, 0.4) is 0 Å². The molecule has 0 fully saturated rings. The zero-order valence-electron chi connectivity index (χ0n) is 81.6. The van der Waals surface area contributed by atoms with Crippen molar-refractivity contribution in [1.29, 1.82) is 0 Å². The molecule has 0 atom stereocenters. The van der Waals surface area contributed by atoms with E-state index in [9.17, 15) is 0 Å². The van der Waals surface area contributed by atoms with Crippen molar-refractivity contribution < 1.29 is 0 Å². The molecular weight excluding hydrogens is 1670 g/mol. The molecule has 0 heteroatoms. The van der Waals surface area contributed by atoms with Crippen molar-refractivity contribution in [2.45, 2.75) is 166 Å². The minimum absolute atomic E-state index is 0. The number of fused-ring (bicyclic) bond motifs is 18. The Morgan fingerprint density at radius 2 is 0.453 bits per heavy atom. The van der Waals surface area contributed by atoms with E-state index in [4.69, 9.17) is 0 Å². The van der Waals surface area contributed by atoms with Crippen LogP contribution in [0.5, 0.6) is 0 Å². The number of benzene rings is 19. The Bertz CT molecular complexity index is 7670. The average molecular weight is 1800 g/mol. The first-order chi connectivity index (χ1) is 65.8. The van der Waals surface area contributed by atoms with Crippen molar-refractivity contribution in [3.63, 3.8) is 0 Å². The Hall–Kier alpha value is -14.8. The fraction of sp³-hybridized carbons (Fsp3) is 0.180. The van der Waals surface area contributed by atoms with Gasteiger partial charge in [0.2, 0.25) is 0 Å². The summed E-state index contributed by atoms with van der Waals surface area (Å²) < 4.78 is 0. The van der Waals surface area contributed by atoms with E-state index in [1.165, 1.54) is 234 Å². The van der Waals surface area contributed by atoms with Gasteiger partial charge in [0.25, 0.3) is 0 Å². The predicted octanol–water partition coefficient (Wildman–Crippen LogP) is 38.1. The Labute approximate surface area is 830 Å². The lowest BCUT2D eigenvalue weighted by Crippen LogP contribution is -2.28. The summed E-state index contributed by atoms with van der Waals surface area (Å²) in [6, 6.07) is 159. The molecule has 0 spiro atoms. The topological polar surface area (TPSA) is 0 Å². The van der Waals surface area contributed by atoms with Crippen LogP contribution in [-0.4, -0.2) is 0 Å². The molecule has 0 N–H and O–H groups in total. The zero-order valence-corrected chi connectivity index (χ0v) is 81.6. The molecule has 0 unspecified atom stereocenters. The van der Waals surface area contributed by atoms with Gasteiger partial charge in [-0.3, -0.25) is 0 Å². The van der Waals surface area contributed by atoms with E-state index in [2.05, 4.69) is 548 Å². The van der Waals surface area contributed by atoms with Crippen LogP contribution in [0.1, 0.15) is 203 Å². The molecule has 19 aromatic carbocycles. The van der Waals surface area contributed by atoms with E-state index in [0.717, 1.165) is 0 Å². The molecule has 0 saturated carbocycles. The number of hydrogen-bond acceptors (Lipinski definition) is 0. The van der Waals surface area contributed by atoms with E-state index >= 15 is 0 Å². The smallest absolute Gasteiger partial charge is 0.0713 e. The van der Waals surface area contributed by atoms with Gasteiger partial charge in [-0.15, -0.1) is 0 Å². The van der Waals surface area contributed by atoms with E-state index in [1.54, 1.807) is 0 Å². The van der Waals surface area contributed by atoms with Crippen molar-refractivity contribution >= 4 is 0 Å². The Morgan fingerprint density at radius 1 is 0.144 bits per heavy atom. The fourth-order valence-corrected chi connectivity index (χ4v) is 23.5. The average Bonchev–Trinajstić information content (AvgIpc) is 1.56. The highest BCUT2D eigenvalue weighted by Gasteiger charge is 2.47. The van der Waals surface area contributed by atoms with Gasteiger partial charge in [0.15, 0.2) is 0 Å². The largest absolute Gasteiger partial charge is 0.0776 e. The molecule has 0 aromatic heterocycles. The Kier molecular flexibility index (Phi) is 26.4. The Morgan fingerprint density at radius 3 is 0.993 bits per heavy atom. The van der Waals surface area contributed by atoms with E-state index < -0.39 is 0 Å². The minimum Gasteiger partial charge on any atom is -0.0776 e. The second-order valence-corrected chi connectivity index (χ2v) is 40.9. The van der Waals surface area contributed by atoms with Crippen LogP contribution >= 0.6 is 0 Å². The van der Waals surface area contributed by atoms with Gasteiger partial charge in [0.1, 0.15) is 0 Å². The van der Waals surface area contributed by atoms with Gasteiger partial charge in [-0.25, -0.2) is 0 Å². The first-order valence-corrected chi connectivity index (χ1v) is 48.6. The quantitative estimate of drug-likeness (QED) is 0.149. The number of hydrogen-bond donors (Lipinski definition) is 0. The molecule has 0 heterocycles. The molecule has 0 saturated heterocycles. The van der Waals surface area contributed by atoms with Crippen LogP contribution in [0.15, 0.2) is 437 Å². The Balaban J connectivity index is 0.000000115. The molecule has 0 aliphatic heterocycles. The second-order valence-electron chi connectivity index (χ2n) is 40.9. The minimum atomic E-state index is -0.262. The number of aryl methyl sites for hydroxylation is 6. The van der Waals surface area contributed by atoms with E-state index in [1.807, 2.05) is 0 Å². The van der Waals surface area contributed by atoms with Gasteiger partial charge in [-0.2, -0.15) is 0 Å². The highest BCUT2D eigenvalue weighted by Crippen LogP contribution is 2.60. The third kappa shape index (κ3) is 16.8. The summed E-state index contributed by atoms with van der Waals surface area (Å²) in [7, 11) is 0. The molecule has 0 radical (unpaired) electrons. The zero-order chi connectivity index (χ0) is 94.2. The SMILES string of the molecule is C.C.C.Cc1cc(-c2ccccc2)cc2c1-c1ccccc1C2(C)C.Cc1ccc(-c2ccc3c(c2)-c2ccccc2C3(C)C)cc1.Cc1ccc(-c2cccc3c2-c2ccccc2C3(C)C)cc1.Cc1ccc(-c2cccc3c2C(C)(C)c2ccccc2-3)cc1.Cc1ccc(-c2ccccc2)c2c1-c1ccccc1C2(C)C.Cc1ccc2c(c1)-c1ccccc1C2(c1ccccc1)c1ccccc1. The molecule has 139 heavy (non-hydrogen) atoms. The summed E-state index contributed by atoms with van der Waals surface area (Å²) in [6.07, 6.45) is 0. The van der Waals surface area contributed by atoms with Crippen LogP contribution in [0, 0.1) is 41.5 Å². The molecule has 19 aromatic rings. The van der Waals surface area contributed by atoms with Crippen molar-refractivity contribution in [2.75, 3.05) is 0 Å². The van der Waals surface area contributed by atoms with Crippen molar-refractivity contribution in [1.82, 2.24) is 0 Å². The monoisotopic (exact) mass is 1800 g/mol. The normalized spacial score (nSPS) is 14.1. The van der Waals surface area contributed by atoms with Gasteiger partial charge >= 0.3 is 0 Å². The third-order valence-electron chi connectivity index (χ3n) is 30.5. The highest BCUT2D eigenvalue weighted by molar-refractivity contribution is 5.96. The maximum atomic E-state index is 2.39. The first kappa shape index (κ1) is 95.9. The van der Waals surface area contributed by atoms with Crippen molar-refractivity contribution in [2.24, 2.45) is 0 Å². The summed E-state index contributed by atoms with van der Waals surface area (Å²) in [5.41, 5.74) is 57.7. The summed E-state index contributed by atoms with van der Waals surface area (Å²) in [5, 5.41) is 0. The van der Waals surface area contributed by atoms with Gasteiger partial charge in [0.05, 0.1) is 5.41 Å². The standard InChI is InChI=1S/C26H20.5C22H20.3CH4/c1-19-16-17-25-23(18-19)22-14-8-9-15-24(22)26(25,20-10-4-2-5-11-20)21-12-6-3-7-13-21;1-15-11-13-16(14-12-15)17-8-6-9-19-18-7-4-5-10-20(18)22(2,3)21(17)19;1-15-11-13-16(14-12-15)17-8-6-10-20-21(17)18-7-4-5-9-19(18)22(20,2)3;1-15-13-17(16-9-5-4-6-10-16)14-20-21(15)18-11-7-8-12-19(18)22(20,2)3;1-15-13-14-17(16-9-5-4-6-10-16)21-20(15)18-11-7-8-12-19(18)22(21,2)3;1-15-8-10-16(11-9-15)17-12-13-21-19(14-17)18-6-4-5-7-20(18)22(21,2)3;;;/h2-18H,1H3;5*4-14H,1-3H3;3*1H4. The molecule has 0 bridgehead atoms. The van der Waals surface area contributed by atoms with Crippen molar-refractivity contribution in [3.05, 3.63) is 548 Å². The molecule has 6 aliphatic rings. The lowest BCUT2D eigenvalue weighted by Gasteiger charge is -2.33. The maximum Gasteiger partial charge on any atom is 0.0713 e. The molecule has 688 valence electrons. The predicted molar refractivity (Wildman–Crippen MR) is 600 cm³/mol. The van der Waals surface area contributed by atoms with Gasteiger partial charge in [-0.05, 0) is 265 Å². The van der Waals surface area contributed by atoms with E-state index in [0.29, 0.717) is 0 Å². The molecular formula is C139H132. The van der Waals surface area contributed by atoms with Crippen LogP contribution in [0.25, 0.3) is 122 Å². The molecule has 0 amide bonds. The maximum absolute atomic E-state index is 2.39. The van der Waals surface area contributed by atoms with Crippen molar-refractivity contribution in [3.8, 4) is 122 Å². The first-order valence-electron chi connectivity index (χ1n) is 48.6. The molecule has 0 nitrogen and oxygen atoms in total. The fourth-order valence-electron chi connectivity index (χ4n) is 23.5. The van der Waals surface area contributed by atoms with E-state index in [-0.39, 0.29) is 54.8 Å². The van der Waals surface area contributed by atoms with Gasteiger partial charge in [-0.1, -0.05) is 538 Å². The highest BCUT2D eigenvalue weighted by atomic mass is 14.5. The molecule has 25 rings (SSSR count).